The van der Waals surface area contributed by atoms with Gasteiger partial charge in [-0.15, -0.1) is 0 Å². The van der Waals surface area contributed by atoms with Crippen LogP contribution in [0.15, 0.2) is 42.6 Å². The van der Waals surface area contributed by atoms with E-state index in [0.29, 0.717) is 0 Å². The third-order valence-corrected chi connectivity index (χ3v) is 4.55. The second-order valence-electron chi connectivity index (χ2n) is 6.69. The van der Waals surface area contributed by atoms with Gasteiger partial charge in [0, 0.05) is 57.0 Å². The summed E-state index contributed by atoms with van der Waals surface area (Å²) in [6.45, 7) is 3.40. The Bertz CT molecular complexity index is 703. The summed E-state index contributed by atoms with van der Waals surface area (Å²) in [6.07, 6.45) is 3.59. The summed E-state index contributed by atoms with van der Waals surface area (Å²) in [5.74, 6) is 0.899. The molecule has 2 heterocycles. The number of aromatic nitrogens is 1. The Balaban J connectivity index is 1.54. The van der Waals surface area contributed by atoms with Crippen LogP contribution in [0.4, 0.5) is 5.69 Å². The van der Waals surface area contributed by atoms with Crippen LogP contribution in [-0.2, 0) is 0 Å². The van der Waals surface area contributed by atoms with E-state index in [1.165, 1.54) is 0 Å². The fourth-order valence-electron chi connectivity index (χ4n) is 2.98. The first kappa shape index (κ1) is 17.3. The van der Waals surface area contributed by atoms with Gasteiger partial charge in [-0.05, 0) is 43.3 Å². The zero-order valence-corrected chi connectivity index (χ0v) is 15.1. The lowest BCUT2D eigenvalue weighted by Gasteiger charge is -2.32. The van der Waals surface area contributed by atoms with Gasteiger partial charge in [0.1, 0.15) is 11.9 Å². The van der Waals surface area contributed by atoms with Crippen LogP contribution in [0.1, 0.15) is 28.9 Å². The van der Waals surface area contributed by atoms with Gasteiger partial charge in [-0.1, -0.05) is 0 Å². The van der Waals surface area contributed by atoms with E-state index in [4.69, 9.17) is 4.74 Å². The van der Waals surface area contributed by atoms with Crippen LogP contribution < -0.4 is 9.64 Å². The van der Waals surface area contributed by atoms with Gasteiger partial charge >= 0.3 is 0 Å². The molecular formula is C20H25N3O2. The van der Waals surface area contributed by atoms with Crippen LogP contribution in [0.5, 0.6) is 5.75 Å². The fraction of sp³-hybridized carbons (Fsp3) is 0.400. The number of pyridine rings is 1. The number of carbonyl (C=O) groups excluding carboxylic acids is 1. The molecule has 0 atom stereocenters. The predicted molar refractivity (Wildman–Crippen MR) is 99.3 cm³/mol. The number of carbonyl (C=O) groups is 1. The number of hydrogen-bond donors (Lipinski definition) is 0. The molecule has 0 bridgehead atoms. The number of aryl methyl sites for hydroxylation is 1. The smallest absolute Gasteiger partial charge is 0.253 e. The molecule has 0 radical (unpaired) electrons. The van der Waals surface area contributed by atoms with Gasteiger partial charge in [0.05, 0.1) is 6.20 Å². The van der Waals surface area contributed by atoms with Crippen molar-refractivity contribution in [3.05, 3.63) is 53.9 Å². The molecule has 5 heteroatoms. The second-order valence-corrected chi connectivity index (χ2v) is 6.69. The van der Waals surface area contributed by atoms with Crippen LogP contribution in [-0.4, -0.2) is 49.1 Å². The van der Waals surface area contributed by atoms with E-state index in [-0.39, 0.29) is 12.0 Å². The Hall–Kier alpha value is -2.56. The van der Waals surface area contributed by atoms with Crippen LogP contribution in [0, 0.1) is 6.92 Å². The number of benzene rings is 1. The molecule has 132 valence electrons. The highest BCUT2D eigenvalue weighted by Gasteiger charge is 2.24. The number of anilines is 1. The molecule has 0 N–H and O–H groups in total. The van der Waals surface area contributed by atoms with Gasteiger partial charge in [-0.2, -0.15) is 0 Å². The Labute approximate surface area is 149 Å². The number of nitrogens with zero attached hydrogens (tertiary/aromatic N) is 3. The SMILES string of the molecule is Cc1ccc(OC2CCN(C(=O)c3ccc(N(C)C)cc3)CC2)cn1. The molecule has 1 aromatic carbocycles. The summed E-state index contributed by atoms with van der Waals surface area (Å²) in [7, 11) is 3.98. The van der Waals surface area contributed by atoms with Crippen molar-refractivity contribution in [1.82, 2.24) is 9.88 Å². The van der Waals surface area contributed by atoms with E-state index in [1.807, 2.05) is 67.2 Å². The summed E-state index contributed by atoms with van der Waals surface area (Å²) in [5, 5.41) is 0. The van der Waals surface area contributed by atoms with E-state index in [9.17, 15) is 4.79 Å². The van der Waals surface area contributed by atoms with Gasteiger partial charge in [-0.25, -0.2) is 0 Å². The van der Waals surface area contributed by atoms with E-state index in [2.05, 4.69) is 4.98 Å². The molecule has 5 nitrogen and oxygen atoms in total. The molecule has 1 aliphatic heterocycles. The first-order chi connectivity index (χ1) is 12.0. The highest BCUT2D eigenvalue weighted by atomic mass is 16.5. The van der Waals surface area contributed by atoms with Gasteiger partial charge < -0.3 is 14.5 Å². The topological polar surface area (TPSA) is 45.7 Å². The molecule has 1 saturated heterocycles. The third kappa shape index (κ3) is 4.29. The minimum absolute atomic E-state index is 0.0979. The first-order valence-corrected chi connectivity index (χ1v) is 8.69. The highest BCUT2D eigenvalue weighted by molar-refractivity contribution is 5.94. The van der Waals surface area contributed by atoms with Gasteiger partial charge in [0.2, 0.25) is 0 Å². The normalized spacial score (nSPS) is 15.1. The molecule has 1 amide bonds. The molecule has 1 aromatic heterocycles. The Morgan fingerprint density at radius 3 is 2.36 bits per heavy atom. The minimum Gasteiger partial charge on any atom is -0.489 e. The zero-order chi connectivity index (χ0) is 17.8. The van der Waals surface area contributed by atoms with Crippen molar-refractivity contribution in [2.75, 3.05) is 32.1 Å². The van der Waals surface area contributed by atoms with Crippen LogP contribution in [0.25, 0.3) is 0 Å². The molecule has 25 heavy (non-hydrogen) atoms. The van der Waals surface area contributed by atoms with Gasteiger partial charge in [0.15, 0.2) is 0 Å². The van der Waals surface area contributed by atoms with E-state index in [1.54, 1.807) is 6.20 Å². The molecule has 0 saturated carbocycles. The van der Waals surface area contributed by atoms with Crippen molar-refractivity contribution >= 4 is 11.6 Å². The van der Waals surface area contributed by atoms with Crippen molar-refractivity contribution in [3.8, 4) is 5.75 Å². The summed E-state index contributed by atoms with van der Waals surface area (Å²) in [4.78, 5) is 20.8. The zero-order valence-electron chi connectivity index (χ0n) is 15.1. The van der Waals surface area contributed by atoms with Crippen molar-refractivity contribution < 1.29 is 9.53 Å². The number of rotatable bonds is 4. The molecule has 0 unspecified atom stereocenters. The van der Waals surface area contributed by atoms with E-state index in [0.717, 1.165) is 48.6 Å². The number of amides is 1. The van der Waals surface area contributed by atoms with E-state index >= 15 is 0 Å². The van der Waals surface area contributed by atoms with Crippen LogP contribution >= 0.6 is 0 Å². The van der Waals surface area contributed by atoms with Crippen molar-refractivity contribution in [3.63, 3.8) is 0 Å². The first-order valence-electron chi connectivity index (χ1n) is 8.69. The fourth-order valence-corrected chi connectivity index (χ4v) is 2.98. The third-order valence-electron chi connectivity index (χ3n) is 4.55. The van der Waals surface area contributed by atoms with Crippen molar-refractivity contribution in [2.45, 2.75) is 25.9 Å². The van der Waals surface area contributed by atoms with Gasteiger partial charge in [0.25, 0.3) is 5.91 Å². The highest BCUT2D eigenvalue weighted by Crippen LogP contribution is 2.20. The molecular weight excluding hydrogens is 314 g/mol. The summed E-state index contributed by atoms with van der Waals surface area (Å²) in [6, 6.07) is 11.7. The van der Waals surface area contributed by atoms with E-state index < -0.39 is 0 Å². The largest absolute Gasteiger partial charge is 0.489 e. The second kappa shape index (κ2) is 7.55. The molecule has 0 spiro atoms. The van der Waals surface area contributed by atoms with Crippen molar-refractivity contribution in [2.24, 2.45) is 0 Å². The maximum atomic E-state index is 12.6. The summed E-state index contributed by atoms with van der Waals surface area (Å²) >= 11 is 0. The monoisotopic (exact) mass is 339 g/mol. The average molecular weight is 339 g/mol. The number of piperidine rings is 1. The van der Waals surface area contributed by atoms with Crippen LogP contribution in [0.3, 0.4) is 0 Å². The standard InChI is InChI=1S/C20H25N3O2/c1-15-4-9-19(14-21-15)25-18-10-12-23(13-11-18)20(24)16-5-7-17(8-6-16)22(2)3/h4-9,14,18H,10-13H2,1-3H3. The lowest BCUT2D eigenvalue weighted by Crippen LogP contribution is -2.41. The lowest BCUT2D eigenvalue weighted by molar-refractivity contribution is 0.0595. The molecule has 1 fully saturated rings. The van der Waals surface area contributed by atoms with Crippen molar-refractivity contribution in [1.29, 1.82) is 0 Å². The molecule has 1 aliphatic rings. The minimum atomic E-state index is 0.0979. The number of ether oxygens (including phenoxy) is 1. The maximum absolute atomic E-state index is 12.6. The summed E-state index contributed by atoms with van der Waals surface area (Å²) in [5.41, 5.74) is 2.82. The van der Waals surface area contributed by atoms with Crippen LogP contribution in [0.2, 0.25) is 0 Å². The Morgan fingerprint density at radius 2 is 1.80 bits per heavy atom. The predicted octanol–water partition coefficient (Wildman–Crippen LogP) is 3.14. The summed E-state index contributed by atoms with van der Waals surface area (Å²) < 4.78 is 5.98. The number of likely N-dealkylation sites (tertiary alicyclic amines) is 1. The number of hydrogen-bond acceptors (Lipinski definition) is 4. The maximum Gasteiger partial charge on any atom is 0.253 e. The molecule has 3 rings (SSSR count). The quantitative estimate of drug-likeness (QED) is 0.858. The van der Waals surface area contributed by atoms with Gasteiger partial charge in [-0.3, -0.25) is 9.78 Å². The Kier molecular flexibility index (Phi) is 5.22. The lowest BCUT2D eigenvalue weighted by atomic mass is 10.1. The Morgan fingerprint density at radius 1 is 1.12 bits per heavy atom. The molecule has 0 aliphatic carbocycles. The molecule has 2 aromatic rings. The average Bonchev–Trinajstić information content (AvgIpc) is 2.64.